The third-order valence-electron chi connectivity index (χ3n) is 5.27. The molecule has 158 valence electrons. The summed E-state index contributed by atoms with van der Waals surface area (Å²) in [5.74, 6) is 0.460. The molecular weight excluding hydrogens is 406 g/mol. The fraction of sp³-hybridized carbons (Fsp3) is 0. The molecule has 4 heteroatoms. The zero-order valence-electron chi connectivity index (χ0n) is 17.9. The van der Waals surface area contributed by atoms with Crippen LogP contribution >= 0.6 is 0 Å². The minimum atomic E-state index is -0.154. The van der Waals surface area contributed by atoms with Gasteiger partial charge in [-0.15, -0.1) is 0 Å². The van der Waals surface area contributed by atoms with Crippen LogP contribution in [0.5, 0.6) is 0 Å². The van der Waals surface area contributed by atoms with Crippen LogP contribution in [0.1, 0.15) is 16.7 Å². The first kappa shape index (κ1) is 20.3. The topological polar surface area (TPSA) is 45.0 Å². The van der Waals surface area contributed by atoms with Crippen molar-refractivity contribution < 1.29 is 4.79 Å². The van der Waals surface area contributed by atoms with Gasteiger partial charge in [-0.05, 0) is 41.5 Å². The van der Waals surface area contributed by atoms with Gasteiger partial charge in [-0.2, -0.15) is 0 Å². The van der Waals surface area contributed by atoms with Crippen LogP contribution in [0.4, 0.5) is 11.4 Å². The number of aliphatic imine (C=N–C) groups is 2. The molecule has 1 amide bonds. The normalized spacial score (nSPS) is 14.8. The van der Waals surface area contributed by atoms with Crippen molar-refractivity contribution in [1.82, 2.24) is 0 Å². The number of hydrogen-bond acceptors (Lipinski definition) is 3. The van der Waals surface area contributed by atoms with E-state index in [2.05, 4.69) is 4.99 Å². The third kappa shape index (κ3) is 4.55. The van der Waals surface area contributed by atoms with Crippen LogP contribution in [0, 0.1) is 0 Å². The molecule has 0 atom stereocenters. The summed E-state index contributed by atoms with van der Waals surface area (Å²) in [5.41, 5.74) is 4.82. The van der Waals surface area contributed by atoms with Crippen LogP contribution in [0.2, 0.25) is 0 Å². The van der Waals surface area contributed by atoms with Gasteiger partial charge in [0.2, 0.25) is 0 Å². The number of hydrogen-bond donors (Lipinski definition) is 0. The number of carbonyl (C=O) groups excluding carboxylic acids is 1. The molecule has 0 aromatic heterocycles. The van der Waals surface area contributed by atoms with E-state index in [4.69, 9.17) is 4.99 Å². The standard InChI is InChI=1S/C29H21N3O/c33-29-27(20-22-10-4-1-5-11-22)31-28(24-14-8-3-9-15-24)32(29)26-18-16-25(17-19-26)30-21-23-12-6-2-7-13-23/h1-21H/b27-20-,30-21?. The Morgan fingerprint density at radius 3 is 1.88 bits per heavy atom. The van der Waals surface area contributed by atoms with Crippen molar-refractivity contribution in [3.63, 3.8) is 0 Å². The van der Waals surface area contributed by atoms with Gasteiger partial charge in [0.15, 0.2) is 0 Å². The minimum Gasteiger partial charge on any atom is -0.266 e. The highest BCUT2D eigenvalue weighted by atomic mass is 16.2. The Labute approximate surface area is 192 Å². The first-order valence-electron chi connectivity index (χ1n) is 10.7. The molecule has 4 aromatic carbocycles. The third-order valence-corrected chi connectivity index (χ3v) is 5.27. The van der Waals surface area contributed by atoms with Crippen LogP contribution in [-0.2, 0) is 4.79 Å². The lowest BCUT2D eigenvalue weighted by Crippen LogP contribution is -2.32. The SMILES string of the molecule is O=C1/C(=C/c2ccccc2)N=C(c2ccccc2)N1c1ccc(N=Cc2ccccc2)cc1. The number of anilines is 1. The van der Waals surface area contributed by atoms with Gasteiger partial charge < -0.3 is 0 Å². The molecule has 0 saturated heterocycles. The van der Waals surface area contributed by atoms with E-state index in [-0.39, 0.29) is 5.91 Å². The molecule has 0 N–H and O–H groups in total. The highest BCUT2D eigenvalue weighted by Crippen LogP contribution is 2.29. The van der Waals surface area contributed by atoms with E-state index in [1.165, 1.54) is 0 Å². The number of carbonyl (C=O) groups is 1. The maximum atomic E-state index is 13.4. The lowest BCUT2D eigenvalue weighted by molar-refractivity contribution is -0.113. The second kappa shape index (κ2) is 9.28. The van der Waals surface area contributed by atoms with Gasteiger partial charge in [0.25, 0.3) is 5.91 Å². The molecule has 5 rings (SSSR count). The molecular formula is C29H21N3O. The van der Waals surface area contributed by atoms with Gasteiger partial charge in [0, 0.05) is 11.8 Å². The summed E-state index contributed by atoms with van der Waals surface area (Å²) in [6.45, 7) is 0. The lowest BCUT2D eigenvalue weighted by atomic mass is 10.1. The summed E-state index contributed by atoms with van der Waals surface area (Å²) < 4.78 is 0. The van der Waals surface area contributed by atoms with E-state index in [1.54, 1.807) is 4.90 Å². The zero-order valence-corrected chi connectivity index (χ0v) is 17.9. The van der Waals surface area contributed by atoms with Crippen molar-refractivity contribution in [3.05, 3.63) is 138 Å². The zero-order chi connectivity index (χ0) is 22.5. The average Bonchev–Trinajstić information content (AvgIpc) is 3.20. The molecule has 0 unspecified atom stereocenters. The van der Waals surface area contributed by atoms with E-state index in [0.29, 0.717) is 11.5 Å². The summed E-state index contributed by atoms with van der Waals surface area (Å²) in [6.07, 6.45) is 3.65. The summed E-state index contributed by atoms with van der Waals surface area (Å²) in [6, 6.07) is 37.1. The predicted octanol–water partition coefficient (Wildman–Crippen LogP) is 6.27. The number of benzene rings is 4. The van der Waals surface area contributed by atoms with Crippen LogP contribution < -0.4 is 4.90 Å². The second-order valence-corrected chi connectivity index (χ2v) is 7.57. The van der Waals surface area contributed by atoms with Gasteiger partial charge in [0.1, 0.15) is 11.5 Å². The molecule has 1 heterocycles. The average molecular weight is 428 g/mol. The van der Waals surface area contributed by atoms with Gasteiger partial charge in [0.05, 0.1) is 11.4 Å². The van der Waals surface area contributed by atoms with E-state index in [9.17, 15) is 4.79 Å². The van der Waals surface area contributed by atoms with Crippen molar-refractivity contribution in [2.75, 3.05) is 4.90 Å². The summed E-state index contributed by atoms with van der Waals surface area (Å²) >= 11 is 0. The molecule has 0 spiro atoms. The molecule has 4 aromatic rings. The molecule has 4 nitrogen and oxygen atoms in total. The molecule has 0 aliphatic carbocycles. The largest absolute Gasteiger partial charge is 0.282 e. The fourth-order valence-corrected chi connectivity index (χ4v) is 3.62. The number of amidine groups is 1. The first-order chi connectivity index (χ1) is 16.3. The number of rotatable bonds is 5. The van der Waals surface area contributed by atoms with Crippen LogP contribution in [0.3, 0.4) is 0 Å². The number of amides is 1. The molecule has 0 saturated carbocycles. The van der Waals surface area contributed by atoms with E-state index < -0.39 is 0 Å². The maximum absolute atomic E-state index is 13.4. The Hall–Kier alpha value is -4.57. The van der Waals surface area contributed by atoms with Crippen LogP contribution in [-0.4, -0.2) is 18.0 Å². The molecule has 1 aliphatic rings. The van der Waals surface area contributed by atoms with Gasteiger partial charge in [-0.3, -0.25) is 14.7 Å². The van der Waals surface area contributed by atoms with Crippen molar-refractivity contribution >= 4 is 35.4 Å². The Morgan fingerprint density at radius 2 is 1.24 bits per heavy atom. The second-order valence-electron chi connectivity index (χ2n) is 7.57. The lowest BCUT2D eigenvalue weighted by Gasteiger charge is -2.18. The van der Waals surface area contributed by atoms with Gasteiger partial charge >= 0.3 is 0 Å². The van der Waals surface area contributed by atoms with Crippen molar-refractivity contribution in [2.45, 2.75) is 0 Å². The monoisotopic (exact) mass is 427 g/mol. The molecule has 33 heavy (non-hydrogen) atoms. The Bertz CT molecular complexity index is 1340. The quantitative estimate of drug-likeness (QED) is 0.273. The van der Waals surface area contributed by atoms with Crippen molar-refractivity contribution in [3.8, 4) is 0 Å². The summed E-state index contributed by atoms with van der Waals surface area (Å²) in [7, 11) is 0. The van der Waals surface area contributed by atoms with Crippen molar-refractivity contribution in [2.24, 2.45) is 9.98 Å². The van der Waals surface area contributed by atoms with Gasteiger partial charge in [-0.25, -0.2) is 4.99 Å². The maximum Gasteiger partial charge on any atom is 0.282 e. The van der Waals surface area contributed by atoms with Crippen molar-refractivity contribution in [1.29, 1.82) is 0 Å². The summed E-state index contributed by atoms with van der Waals surface area (Å²) in [4.78, 5) is 24.3. The van der Waals surface area contributed by atoms with E-state index >= 15 is 0 Å². The molecule has 1 aliphatic heterocycles. The van der Waals surface area contributed by atoms with E-state index in [0.717, 1.165) is 28.1 Å². The van der Waals surface area contributed by atoms with Crippen LogP contribution in [0.25, 0.3) is 6.08 Å². The highest BCUT2D eigenvalue weighted by Gasteiger charge is 2.32. The number of nitrogens with zero attached hydrogens (tertiary/aromatic N) is 3. The van der Waals surface area contributed by atoms with E-state index in [1.807, 2.05) is 128 Å². The van der Waals surface area contributed by atoms with Crippen LogP contribution in [0.15, 0.2) is 131 Å². The Balaban J connectivity index is 1.48. The molecule has 0 bridgehead atoms. The Morgan fingerprint density at radius 1 is 0.667 bits per heavy atom. The Kier molecular flexibility index (Phi) is 5.72. The molecule has 0 radical (unpaired) electrons. The first-order valence-corrected chi connectivity index (χ1v) is 10.7. The minimum absolute atomic E-state index is 0.154. The summed E-state index contributed by atoms with van der Waals surface area (Å²) in [5, 5.41) is 0. The smallest absolute Gasteiger partial charge is 0.266 e. The molecule has 0 fully saturated rings. The highest BCUT2D eigenvalue weighted by molar-refractivity contribution is 6.33. The predicted molar refractivity (Wildman–Crippen MR) is 135 cm³/mol. The fourth-order valence-electron chi connectivity index (χ4n) is 3.62. The van der Waals surface area contributed by atoms with Gasteiger partial charge in [-0.1, -0.05) is 91.0 Å².